The topological polar surface area (TPSA) is 65.0 Å². The van der Waals surface area contributed by atoms with Gasteiger partial charge in [-0.15, -0.1) is 0 Å². The molecule has 0 unspecified atom stereocenters. The van der Waals surface area contributed by atoms with Crippen molar-refractivity contribution in [2.45, 2.75) is 19.5 Å². The van der Waals surface area contributed by atoms with Crippen molar-refractivity contribution < 1.29 is 19.0 Å². The lowest BCUT2D eigenvalue weighted by Crippen LogP contribution is -2.30. The fraction of sp³-hybridized carbons (Fsp3) is 0.348. The number of nitrogens with one attached hydrogen (secondary N) is 1. The minimum atomic E-state index is -0.106. The van der Waals surface area contributed by atoms with E-state index in [1.165, 1.54) is 5.56 Å². The highest BCUT2D eigenvalue weighted by atomic mass is 16.7. The maximum Gasteiger partial charge on any atom is 0.251 e. The number of hydrogen-bond acceptors (Lipinski definition) is 5. The summed E-state index contributed by atoms with van der Waals surface area (Å²) in [6, 6.07) is 7.78. The van der Waals surface area contributed by atoms with Crippen LogP contribution in [0.15, 0.2) is 30.5 Å². The van der Waals surface area contributed by atoms with Crippen LogP contribution in [0.5, 0.6) is 17.2 Å². The number of hydrogen-bond donors (Lipinski definition) is 1. The van der Waals surface area contributed by atoms with Gasteiger partial charge in [0.2, 0.25) is 12.5 Å². The van der Waals surface area contributed by atoms with Gasteiger partial charge in [-0.3, -0.25) is 4.79 Å². The Balaban J connectivity index is 1.46. The smallest absolute Gasteiger partial charge is 0.251 e. The average molecular weight is 407 g/mol. The van der Waals surface area contributed by atoms with Gasteiger partial charge >= 0.3 is 0 Å². The van der Waals surface area contributed by atoms with E-state index in [1.54, 1.807) is 7.11 Å². The van der Waals surface area contributed by atoms with Gasteiger partial charge in [-0.1, -0.05) is 0 Å². The van der Waals surface area contributed by atoms with Crippen molar-refractivity contribution in [2.24, 2.45) is 7.05 Å². The fourth-order valence-electron chi connectivity index (χ4n) is 4.48. The van der Waals surface area contributed by atoms with Crippen molar-refractivity contribution in [1.82, 2.24) is 14.8 Å². The molecular formula is C23H25N3O4. The summed E-state index contributed by atoms with van der Waals surface area (Å²) < 4.78 is 19.2. The maximum absolute atomic E-state index is 12.9. The number of aromatic nitrogens is 1. The third kappa shape index (κ3) is 2.97. The number of aryl methyl sites for hydroxylation is 1. The van der Waals surface area contributed by atoms with Crippen LogP contribution in [-0.2, 0) is 26.6 Å². The fourth-order valence-corrected chi connectivity index (χ4v) is 4.48. The average Bonchev–Trinajstić information content (AvgIpc) is 3.37. The molecule has 0 saturated heterocycles. The zero-order valence-corrected chi connectivity index (χ0v) is 17.4. The van der Waals surface area contributed by atoms with Gasteiger partial charge in [0.05, 0.1) is 7.11 Å². The minimum Gasteiger partial charge on any atom is -0.492 e. The number of ether oxygens (including phenoxy) is 3. The highest BCUT2D eigenvalue weighted by Crippen LogP contribution is 2.49. The largest absolute Gasteiger partial charge is 0.492 e. The molecule has 0 saturated carbocycles. The summed E-state index contributed by atoms with van der Waals surface area (Å²) in [6.07, 6.45) is 2.87. The summed E-state index contributed by atoms with van der Waals surface area (Å²) in [5.41, 5.74) is 5.03. The van der Waals surface area contributed by atoms with Crippen LogP contribution in [0.1, 0.15) is 27.0 Å². The first-order valence-corrected chi connectivity index (χ1v) is 10.1. The van der Waals surface area contributed by atoms with E-state index in [2.05, 4.69) is 17.3 Å². The number of rotatable bonds is 4. The zero-order valence-electron chi connectivity index (χ0n) is 17.4. The van der Waals surface area contributed by atoms with Gasteiger partial charge in [0.15, 0.2) is 11.5 Å². The molecule has 0 spiro atoms. The molecular weight excluding hydrogens is 382 g/mol. The molecule has 0 atom stereocenters. The van der Waals surface area contributed by atoms with Crippen molar-refractivity contribution in [3.05, 3.63) is 52.7 Å². The Bertz CT molecular complexity index is 1150. The zero-order chi connectivity index (χ0) is 20.8. The SMILES string of the molecule is COc1c2c(c(CNC(=O)c3ccc4c(ccn4C)c3)c3c1OCO3)CCN(C)C2. The van der Waals surface area contributed by atoms with E-state index in [9.17, 15) is 4.79 Å². The van der Waals surface area contributed by atoms with E-state index >= 15 is 0 Å². The molecule has 0 aliphatic carbocycles. The Morgan fingerprint density at radius 2 is 2.00 bits per heavy atom. The van der Waals surface area contributed by atoms with Crippen LogP contribution in [-0.4, -0.2) is 42.9 Å². The molecule has 30 heavy (non-hydrogen) atoms. The molecule has 2 aliphatic rings. The van der Waals surface area contributed by atoms with Crippen molar-refractivity contribution >= 4 is 16.8 Å². The molecule has 156 valence electrons. The monoisotopic (exact) mass is 407 g/mol. The summed E-state index contributed by atoms with van der Waals surface area (Å²) in [7, 11) is 5.75. The Kier molecular flexibility index (Phi) is 4.55. The third-order valence-corrected chi connectivity index (χ3v) is 6.04. The summed E-state index contributed by atoms with van der Waals surface area (Å²) >= 11 is 0. The molecule has 3 heterocycles. The standard InChI is InChI=1S/C23H25N3O4/c1-25-8-7-16-17(21-22(30-13-29-21)20(28-3)18(16)12-25)11-24-23(27)15-4-5-19-14(10-15)6-9-26(19)2/h4-6,9-10H,7-8,11-13H2,1-3H3,(H,24,27). The maximum atomic E-state index is 12.9. The summed E-state index contributed by atoms with van der Waals surface area (Å²) in [5, 5.41) is 4.13. The first-order valence-electron chi connectivity index (χ1n) is 10.1. The number of nitrogens with zero attached hydrogens (tertiary/aromatic N) is 2. The molecule has 2 aliphatic heterocycles. The first-order chi connectivity index (χ1) is 14.6. The van der Waals surface area contributed by atoms with Crippen molar-refractivity contribution in [2.75, 3.05) is 27.5 Å². The van der Waals surface area contributed by atoms with Crippen LogP contribution in [0.25, 0.3) is 10.9 Å². The van der Waals surface area contributed by atoms with Crippen molar-refractivity contribution in [3.8, 4) is 17.2 Å². The molecule has 1 amide bonds. The quantitative estimate of drug-likeness (QED) is 0.721. The molecule has 7 nitrogen and oxygen atoms in total. The number of amides is 1. The molecule has 1 aromatic heterocycles. The molecule has 0 bridgehead atoms. The number of methoxy groups -OCH3 is 1. The molecule has 0 fully saturated rings. The van der Waals surface area contributed by atoms with Crippen LogP contribution >= 0.6 is 0 Å². The van der Waals surface area contributed by atoms with E-state index in [0.717, 1.165) is 47.3 Å². The third-order valence-electron chi connectivity index (χ3n) is 6.04. The second-order valence-corrected chi connectivity index (χ2v) is 7.90. The van der Waals surface area contributed by atoms with Crippen molar-refractivity contribution in [1.29, 1.82) is 0 Å². The molecule has 5 rings (SSSR count). The van der Waals surface area contributed by atoms with E-state index in [-0.39, 0.29) is 12.7 Å². The molecule has 7 heteroatoms. The van der Waals surface area contributed by atoms with E-state index < -0.39 is 0 Å². The van der Waals surface area contributed by atoms with E-state index in [4.69, 9.17) is 14.2 Å². The van der Waals surface area contributed by atoms with Crippen LogP contribution in [0.2, 0.25) is 0 Å². The van der Waals surface area contributed by atoms with Gasteiger partial charge in [-0.05, 0) is 43.3 Å². The minimum absolute atomic E-state index is 0.106. The van der Waals surface area contributed by atoms with Crippen LogP contribution in [0, 0.1) is 0 Å². The lowest BCUT2D eigenvalue weighted by atomic mass is 9.92. The van der Waals surface area contributed by atoms with Gasteiger partial charge in [-0.2, -0.15) is 0 Å². The highest BCUT2D eigenvalue weighted by Gasteiger charge is 2.32. The van der Waals surface area contributed by atoms with Crippen molar-refractivity contribution in [3.63, 3.8) is 0 Å². The highest BCUT2D eigenvalue weighted by molar-refractivity contribution is 5.98. The van der Waals surface area contributed by atoms with Gasteiger partial charge < -0.3 is 29.0 Å². The van der Waals surface area contributed by atoms with Crippen LogP contribution in [0.3, 0.4) is 0 Å². The van der Waals surface area contributed by atoms with Crippen LogP contribution in [0.4, 0.5) is 0 Å². The Hall–Kier alpha value is -3.19. The number of carbonyl (C=O) groups is 1. The molecule has 0 radical (unpaired) electrons. The predicted octanol–water partition coefficient (Wildman–Crippen LogP) is 2.83. The number of carbonyl (C=O) groups excluding carboxylic acids is 1. The molecule has 3 aromatic rings. The summed E-state index contributed by atoms with van der Waals surface area (Å²) in [4.78, 5) is 15.1. The Morgan fingerprint density at radius 3 is 2.83 bits per heavy atom. The van der Waals surface area contributed by atoms with Gasteiger partial charge in [0.1, 0.15) is 0 Å². The lowest BCUT2D eigenvalue weighted by Gasteiger charge is -2.29. The van der Waals surface area contributed by atoms with E-state index in [0.29, 0.717) is 23.6 Å². The van der Waals surface area contributed by atoms with Crippen LogP contribution < -0.4 is 19.5 Å². The van der Waals surface area contributed by atoms with Gasteiger partial charge in [0, 0.05) is 60.5 Å². The predicted molar refractivity (Wildman–Crippen MR) is 113 cm³/mol. The van der Waals surface area contributed by atoms with Gasteiger partial charge in [0.25, 0.3) is 5.91 Å². The second kappa shape index (κ2) is 7.25. The number of benzene rings is 2. The Labute approximate surface area is 175 Å². The summed E-state index contributed by atoms with van der Waals surface area (Å²) in [5.74, 6) is 1.97. The second-order valence-electron chi connectivity index (χ2n) is 7.90. The van der Waals surface area contributed by atoms with Gasteiger partial charge in [-0.25, -0.2) is 0 Å². The lowest BCUT2D eigenvalue weighted by molar-refractivity contribution is 0.0950. The Morgan fingerprint density at radius 1 is 1.17 bits per heavy atom. The molecule has 1 N–H and O–H groups in total. The summed E-state index contributed by atoms with van der Waals surface area (Å²) in [6.45, 7) is 2.27. The number of fused-ring (bicyclic) bond motifs is 3. The van der Waals surface area contributed by atoms with E-state index in [1.807, 2.05) is 42.1 Å². The first kappa shape index (κ1) is 18.8. The molecule has 2 aromatic carbocycles. The number of likely N-dealkylation sites (N-methyl/N-ethyl adjacent to an activating group) is 1. The normalized spacial score (nSPS) is 15.3.